The van der Waals surface area contributed by atoms with Crippen LogP contribution in [0, 0.1) is 23.7 Å². The highest BCUT2D eigenvalue weighted by molar-refractivity contribution is 5.11. The van der Waals surface area contributed by atoms with E-state index in [1.807, 2.05) is 7.11 Å². The lowest BCUT2D eigenvalue weighted by molar-refractivity contribution is -0.164. The van der Waals surface area contributed by atoms with Gasteiger partial charge in [-0.25, -0.2) is 0 Å². The molecule has 30 heavy (non-hydrogen) atoms. The summed E-state index contributed by atoms with van der Waals surface area (Å²) in [6, 6.07) is 0. The van der Waals surface area contributed by atoms with Crippen molar-refractivity contribution in [1.29, 1.82) is 0 Å². The van der Waals surface area contributed by atoms with Crippen LogP contribution in [-0.4, -0.2) is 58.1 Å². The summed E-state index contributed by atoms with van der Waals surface area (Å²) in [6.07, 6.45) is 10.5. The lowest BCUT2D eigenvalue weighted by atomic mass is 9.94. The Kier molecular flexibility index (Phi) is 13.1. The molecule has 1 rings (SSSR count). The Morgan fingerprint density at radius 2 is 1.70 bits per heavy atom. The molecule has 8 atom stereocenters. The maximum atomic E-state index is 9.84. The Bertz CT molecular complexity index is 514. The molecular formula is C25H46O5. The highest BCUT2D eigenvalue weighted by Crippen LogP contribution is 2.54. The summed E-state index contributed by atoms with van der Waals surface area (Å²) in [5, 5.41) is 9.84. The second kappa shape index (κ2) is 14.4. The molecule has 0 saturated heterocycles. The molecule has 5 heteroatoms. The van der Waals surface area contributed by atoms with Gasteiger partial charge in [-0.05, 0) is 56.3 Å². The van der Waals surface area contributed by atoms with E-state index in [1.165, 1.54) is 19.1 Å². The van der Waals surface area contributed by atoms with E-state index in [4.69, 9.17) is 18.9 Å². The van der Waals surface area contributed by atoms with Gasteiger partial charge in [-0.3, -0.25) is 0 Å². The number of hydrogen-bond donors (Lipinski definition) is 1. The van der Waals surface area contributed by atoms with Crippen molar-refractivity contribution >= 4 is 0 Å². The van der Waals surface area contributed by atoms with E-state index in [1.54, 1.807) is 14.2 Å². The molecule has 0 spiro atoms. The minimum atomic E-state index is -0.940. The second-order valence-electron chi connectivity index (χ2n) is 8.86. The number of aliphatic hydroxyl groups excluding tert-OH is 1. The van der Waals surface area contributed by atoms with Crippen LogP contribution < -0.4 is 0 Å². The molecule has 176 valence electrons. The molecule has 0 amide bonds. The fourth-order valence-corrected chi connectivity index (χ4v) is 4.95. The zero-order chi connectivity index (χ0) is 22.7. The zero-order valence-corrected chi connectivity index (χ0v) is 20.5. The molecule has 0 aromatic carbocycles. The predicted molar refractivity (Wildman–Crippen MR) is 122 cm³/mol. The summed E-state index contributed by atoms with van der Waals surface area (Å²) in [5.41, 5.74) is 1.25. The zero-order valence-electron chi connectivity index (χ0n) is 20.5. The summed E-state index contributed by atoms with van der Waals surface area (Å²) >= 11 is 0. The predicted octanol–water partition coefficient (Wildman–Crippen LogP) is 4.99. The van der Waals surface area contributed by atoms with Crippen molar-refractivity contribution in [3.05, 3.63) is 23.8 Å². The van der Waals surface area contributed by atoms with Crippen LogP contribution in [0.1, 0.15) is 59.8 Å². The van der Waals surface area contributed by atoms with Crippen molar-refractivity contribution in [2.24, 2.45) is 23.7 Å². The van der Waals surface area contributed by atoms with Gasteiger partial charge in [0, 0.05) is 34.9 Å². The molecule has 7 unspecified atom stereocenters. The van der Waals surface area contributed by atoms with Crippen LogP contribution in [-0.2, 0) is 18.9 Å². The van der Waals surface area contributed by atoms with Gasteiger partial charge in [-0.1, -0.05) is 44.6 Å². The molecule has 1 fully saturated rings. The van der Waals surface area contributed by atoms with Crippen molar-refractivity contribution < 1.29 is 24.1 Å². The highest BCUT2D eigenvalue weighted by Gasteiger charge is 2.50. The van der Waals surface area contributed by atoms with Crippen molar-refractivity contribution in [3.63, 3.8) is 0 Å². The average Bonchev–Trinajstić information content (AvgIpc) is 3.39. The first kappa shape index (κ1) is 27.3. The molecule has 1 N–H and O–H groups in total. The van der Waals surface area contributed by atoms with E-state index in [0.29, 0.717) is 18.4 Å². The first-order valence-electron chi connectivity index (χ1n) is 11.5. The molecule has 1 saturated carbocycles. The van der Waals surface area contributed by atoms with E-state index >= 15 is 0 Å². The van der Waals surface area contributed by atoms with Gasteiger partial charge in [-0.2, -0.15) is 0 Å². The summed E-state index contributed by atoms with van der Waals surface area (Å²) < 4.78 is 21.5. The molecule has 0 aromatic heterocycles. The molecule has 1 aliphatic carbocycles. The summed E-state index contributed by atoms with van der Waals surface area (Å²) in [6.45, 7) is 9.07. The van der Waals surface area contributed by atoms with Crippen LogP contribution in [0.5, 0.6) is 0 Å². The van der Waals surface area contributed by atoms with Crippen molar-refractivity contribution in [2.45, 2.75) is 84.4 Å². The Hall–Kier alpha value is -0.720. The van der Waals surface area contributed by atoms with Gasteiger partial charge in [-0.15, -0.1) is 0 Å². The topological polar surface area (TPSA) is 57.2 Å². The normalized spacial score (nSPS) is 27.1. The number of methoxy groups -OCH3 is 4. The van der Waals surface area contributed by atoms with Crippen LogP contribution in [0.4, 0.5) is 0 Å². The molecule has 0 aromatic rings. The second-order valence-corrected chi connectivity index (χ2v) is 8.86. The maximum Gasteiger partial charge on any atom is 0.180 e. The Balaban J connectivity index is 2.41. The summed E-state index contributed by atoms with van der Waals surface area (Å²) in [5.74, 6) is 3.09. The standard InChI is InChI=1S/C25H46O5/c1-9-22(28-6)19(4)24-18(3)21(24)14-12-10-11-13-17(2)15-20(27-5)16-23(29-7)25(26)30-8/h10-11,13,18-26H,9,12,14-16H2,1-8H3/b11-10+,17-13+/t18-,19?,20?,21?,22?,23?,24?,25?/m0/s1. The van der Waals surface area contributed by atoms with Crippen molar-refractivity contribution in [2.75, 3.05) is 28.4 Å². The fraction of sp³-hybridized carbons (Fsp3) is 0.840. The maximum absolute atomic E-state index is 9.84. The number of allylic oxidation sites excluding steroid dienone is 3. The first-order chi connectivity index (χ1) is 14.3. The summed E-state index contributed by atoms with van der Waals surface area (Å²) in [7, 11) is 6.59. The van der Waals surface area contributed by atoms with Gasteiger partial charge in [0.25, 0.3) is 0 Å². The fourth-order valence-electron chi connectivity index (χ4n) is 4.95. The van der Waals surface area contributed by atoms with Gasteiger partial charge in [0.1, 0.15) is 6.10 Å². The molecule has 0 heterocycles. The van der Waals surface area contributed by atoms with Crippen molar-refractivity contribution in [3.8, 4) is 0 Å². The number of rotatable bonds is 16. The van der Waals surface area contributed by atoms with Gasteiger partial charge < -0.3 is 24.1 Å². The third-order valence-corrected chi connectivity index (χ3v) is 6.96. The Labute approximate surface area is 184 Å². The van der Waals surface area contributed by atoms with Crippen molar-refractivity contribution in [1.82, 2.24) is 0 Å². The third kappa shape index (κ3) is 8.43. The van der Waals surface area contributed by atoms with Gasteiger partial charge >= 0.3 is 0 Å². The van der Waals surface area contributed by atoms with Crippen LogP contribution in [0.2, 0.25) is 0 Å². The smallest absolute Gasteiger partial charge is 0.180 e. The lowest BCUT2D eigenvalue weighted by Crippen LogP contribution is -2.33. The van der Waals surface area contributed by atoms with E-state index in [2.05, 4.69) is 45.9 Å². The SMILES string of the molecule is CCC(OC)C(C)C1C(CC/C=C/C=C(\C)CC(CC(OC)C(O)OC)OC)[C@@H]1C. The van der Waals surface area contributed by atoms with Crippen LogP contribution >= 0.6 is 0 Å². The summed E-state index contributed by atoms with van der Waals surface area (Å²) in [4.78, 5) is 0. The molecule has 1 aliphatic rings. The van der Waals surface area contributed by atoms with E-state index in [0.717, 1.165) is 37.0 Å². The monoisotopic (exact) mass is 426 g/mol. The number of ether oxygens (including phenoxy) is 4. The van der Waals surface area contributed by atoms with E-state index in [-0.39, 0.29) is 6.10 Å². The average molecular weight is 427 g/mol. The van der Waals surface area contributed by atoms with Gasteiger partial charge in [0.2, 0.25) is 0 Å². The van der Waals surface area contributed by atoms with Crippen LogP contribution in [0.3, 0.4) is 0 Å². The number of aliphatic hydroxyl groups is 1. The Morgan fingerprint density at radius 1 is 1.03 bits per heavy atom. The molecule has 0 bridgehead atoms. The Morgan fingerprint density at radius 3 is 2.23 bits per heavy atom. The van der Waals surface area contributed by atoms with E-state index < -0.39 is 12.4 Å². The van der Waals surface area contributed by atoms with Gasteiger partial charge in [0.05, 0.1) is 12.2 Å². The lowest BCUT2D eigenvalue weighted by Gasteiger charge is -2.24. The number of hydrogen-bond acceptors (Lipinski definition) is 5. The minimum absolute atomic E-state index is 0.0220. The molecule has 5 nitrogen and oxygen atoms in total. The molecular weight excluding hydrogens is 380 g/mol. The minimum Gasteiger partial charge on any atom is -0.381 e. The van der Waals surface area contributed by atoms with Gasteiger partial charge in [0.15, 0.2) is 6.29 Å². The third-order valence-electron chi connectivity index (χ3n) is 6.96. The van der Waals surface area contributed by atoms with Crippen LogP contribution in [0.25, 0.3) is 0 Å². The largest absolute Gasteiger partial charge is 0.381 e. The molecule has 0 aliphatic heterocycles. The first-order valence-corrected chi connectivity index (χ1v) is 11.5. The highest BCUT2D eigenvalue weighted by atomic mass is 16.6. The quantitative estimate of drug-likeness (QED) is 0.278. The molecule has 0 radical (unpaired) electrons. The van der Waals surface area contributed by atoms with E-state index in [9.17, 15) is 5.11 Å². The van der Waals surface area contributed by atoms with Crippen LogP contribution in [0.15, 0.2) is 23.8 Å².